The average molecular weight is 252 g/mol. The Labute approximate surface area is 101 Å². The van der Waals surface area contributed by atoms with E-state index in [9.17, 15) is 13.2 Å². The summed E-state index contributed by atoms with van der Waals surface area (Å²) in [4.78, 5) is 0. The van der Waals surface area contributed by atoms with Gasteiger partial charge in [-0.1, -0.05) is 12.8 Å². The molecule has 2 atom stereocenters. The van der Waals surface area contributed by atoms with E-state index < -0.39 is 12.6 Å². The Morgan fingerprint density at radius 2 is 1.76 bits per heavy atom. The van der Waals surface area contributed by atoms with Gasteiger partial charge >= 0.3 is 6.18 Å². The smallest absolute Gasteiger partial charge is 0.330 e. The molecule has 0 aromatic rings. The first-order chi connectivity index (χ1) is 8.03. The molecule has 102 valence electrons. The van der Waals surface area contributed by atoms with Crippen molar-refractivity contribution in [2.75, 3.05) is 19.6 Å². The molecule has 0 aromatic heterocycles. The highest BCUT2D eigenvalue weighted by Crippen LogP contribution is 2.28. The third kappa shape index (κ3) is 6.27. The van der Waals surface area contributed by atoms with Crippen molar-refractivity contribution in [1.82, 2.24) is 5.32 Å². The molecule has 1 rings (SSSR count). The zero-order chi connectivity index (χ0) is 12.7. The van der Waals surface area contributed by atoms with Crippen LogP contribution in [0, 0.1) is 11.8 Å². The molecular formula is C12H23F3N2. The third-order valence-electron chi connectivity index (χ3n) is 3.59. The molecule has 2 unspecified atom stereocenters. The van der Waals surface area contributed by atoms with E-state index in [1.807, 2.05) is 0 Å². The third-order valence-corrected chi connectivity index (χ3v) is 3.59. The first-order valence-electron chi connectivity index (χ1n) is 6.50. The van der Waals surface area contributed by atoms with Gasteiger partial charge in [-0.3, -0.25) is 0 Å². The minimum atomic E-state index is -4.02. The molecule has 1 aliphatic rings. The highest BCUT2D eigenvalue weighted by molar-refractivity contribution is 4.77. The van der Waals surface area contributed by atoms with Crippen LogP contribution in [0.25, 0.3) is 0 Å². The maximum absolute atomic E-state index is 11.9. The van der Waals surface area contributed by atoms with Crippen molar-refractivity contribution in [3.05, 3.63) is 0 Å². The molecule has 0 aliphatic heterocycles. The minimum Gasteiger partial charge on any atom is -0.330 e. The van der Waals surface area contributed by atoms with Crippen LogP contribution in [-0.2, 0) is 0 Å². The van der Waals surface area contributed by atoms with Crippen molar-refractivity contribution in [3.63, 3.8) is 0 Å². The molecule has 0 amide bonds. The molecule has 0 heterocycles. The van der Waals surface area contributed by atoms with E-state index in [4.69, 9.17) is 5.73 Å². The largest absolute Gasteiger partial charge is 0.389 e. The first kappa shape index (κ1) is 14.8. The van der Waals surface area contributed by atoms with Crippen LogP contribution in [0.5, 0.6) is 0 Å². The van der Waals surface area contributed by atoms with E-state index in [0.29, 0.717) is 24.9 Å². The van der Waals surface area contributed by atoms with Crippen molar-refractivity contribution in [3.8, 4) is 0 Å². The molecule has 5 heteroatoms. The summed E-state index contributed by atoms with van der Waals surface area (Å²) in [6, 6.07) is 0. The van der Waals surface area contributed by atoms with Crippen molar-refractivity contribution in [1.29, 1.82) is 0 Å². The highest BCUT2D eigenvalue weighted by Gasteiger charge is 2.26. The van der Waals surface area contributed by atoms with Gasteiger partial charge in [0, 0.05) is 6.42 Å². The molecule has 1 fully saturated rings. The van der Waals surface area contributed by atoms with Crippen molar-refractivity contribution in [2.24, 2.45) is 17.6 Å². The zero-order valence-electron chi connectivity index (χ0n) is 10.2. The standard InChI is InChI=1S/C12H23F3N2/c13-12(14,15)6-3-7-17-9-11-5-2-1-4-10(11)8-16/h10-11,17H,1-9,16H2. The fourth-order valence-electron chi connectivity index (χ4n) is 2.56. The summed E-state index contributed by atoms with van der Waals surface area (Å²) >= 11 is 0. The van der Waals surface area contributed by atoms with Gasteiger partial charge in [0.05, 0.1) is 0 Å². The quantitative estimate of drug-likeness (QED) is 0.713. The van der Waals surface area contributed by atoms with Crippen LogP contribution >= 0.6 is 0 Å². The molecule has 1 saturated carbocycles. The highest BCUT2D eigenvalue weighted by atomic mass is 19.4. The lowest BCUT2D eigenvalue weighted by molar-refractivity contribution is -0.135. The predicted molar refractivity (Wildman–Crippen MR) is 62.7 cm³/mol. The second kappa shape index (κ2) is 7.21. The Morgan fingerprint density at radius 1 is 1.12 bits per heavy atom. The van der Waals surface area contributed by atoms with E-state index in [1.54, 1.807) is 0 Å². The van der Waals surface area contributed by atoms with Crippen LogP contribution in [0.2, 0.25) is 0 Å². The molecule has 2 nitrogen and oxygen atoms in total. The van der Waals surface area contributed by atoms with E-state index in [1.165, 1.54) is 19.3 Å². The van der Waals surface area contributed by atoms with Gasteiger partial charge in [-0.15, -0.1) is 0 Å². The number of hydrogen-bond acceptors (Lipinski definition) is 2. The topological polar surface area (TPSA) is 38.0 Å². The van der Waals surface area contributed by atoms with Crippen LogP contribution in [0.15, 0.2) is 0 Å². The van der Waals surface area contributed by atoms with Gasteiger partial charge in [0.2, 0.25) is 0 Å². The van der Waals surface area contributed by atoms with Crippen LogP contribution < -0.4 is 11.1 Å². The SMILES string of the molecule is NCC1CCCCC1CNCCCC(F)(F)F. The predicted octanol–water partition coefficient (Wildman–Crippen LogP) is 2.68. The van der Waals surface area contributed by atoms with Gasteiger partial charge in [-0.2, -0.15) is 13.2 Å². The van der Waals surface area contributed by atoms with Gasteiger partial charge < -0.3 is 11.1 Å². The Morgan fingerprint density at radius 3 is 2.35 bits per heavy atom. The van der Waals surface area contributed by atoms with Gasteiger partial charge in [0.1, 0.15) is 0 Å². The summed E-state index contributed by atoms with van der Waals surface area (Å²) in [5, 5.41) is 3.14. The summed E-state index contributed by atoms with van der Waals surface area (Å²) in [5.74, 6) is 1.11. The van der Waals surface area contributed by atoms with Gasteiger partial charge in [-0.25, -0.2) is 0 Å². The molecule has 3 N–H and O–H groups in total. The molecular weight excluding hydrogens is 229 g/mol. The van der Waals surface area contributed by atoms with Crippen LogP contribution in [0.4, 0.5) is 13.2 Å². The van der Waals surface area contributed by atoms with Crippen LogP contribution in [0.3, 0.4) is 0 Å². The Hall–Kier alpha value is -0.290. The molecule has 0 spiro atoms. The monoisotopic (exact) mass is 252 g/mol. The van der Waals surface area contributed by atoms with Crippen molar-refractivity contribution < 1.29 is 13.2 Å². The Bertz CT molecular complexity index is 206. The molecule has 0 aromatic carbocycles. The number of hydrogen-bond donors (Lipinski definition) is 2. The van der Waals surface area contributed by atoms with E-state index >= 15 is 0 Å². The van der Waals surface area contributed by atoms with E-state index in [2.05, 4.69) is 5.32 Å². The average Bonchev–Trinajstić information content (AvgIpc) is 2.27. The van der Waals surface area contributed by atoms with E-state index in [0.717, 1.165) is 13.0 Å². The number of alkyl halides is 3. The lowest BCUT2D eigenvalue weighted by Gasteiger charge is -2.30. The normalized spacial score (nSPS) is 26.1. The van der Waals surface area contributed by atoms with Crippen molar-refractivity contribution in [2.45, 2.75) is 44.7 Å². The van der Waals surface area contributed by atoms with E-state index in [-0.39, 0.29) is 6.42 Å². The number of rotatable bonds is 6. The van der Waals surface area contributed by atoms with Crippen molar-refractivity contribution >= 4 is 0 Å². The van der Waals surface area contributed by atoms with Gasteiger partial charge in [-0.05, 0) is 50.7 Å². The fourth-order valence-corrected chi connectivity index (χ4v) is 2.56. The lowest BCUT2D eigenvalue weighted by Crippen LogP contribution is -2.34. The van der Waals surface area contributed by atoms with Crippen LogP contribution in [0.1, 0.15) is 38.5 Å². The lowest BCUT2D eigenvalue weighted by atomic mass is 9.79. The van der Waals surface area contributed by atoms with Crippen LogP contribution in [-0.4, -0.2) is 25.8 Å². The summed E-state index contributed by atoms with van der Waals surface area (Å²) in [5.41, 5.74) is 5.70. The molecule has 0 radical (unpaired) electrons. The van der Waals surface area contributed by atoms with Gasteiger partial charge in [0.25, 0.3) is 0 Å². The minimum absolute atomic E-state index is 0.170. The summed E-state index contributed by atoms with van der Waals surface area (Å²) in [6.45, 7) is 1.97. The fraction of sp³-hybridized carbons (Fsp3) is 1.00. The zero-order valence-corrected chi connectivity index (χ0v) is 10.2. The molecule has 0 bridgehead atoms. The Kier molecular flexibility index (Phi) is 6.27. The number of nitrogens with one attached hydrogen (secondary N) is 1. The second-order valence-corrected chi connectivity index (χ2v) is 4.96. The maximum Gasteiger partial charge on any atom is 0.389 e. The molecule has 1 aliphatic carbocycles. The summed E-state index contributed by atoms with van der Waals surface area (Å²) in [7, 11) is 0. The Balaban J connectivity index is 2.08. The number of halogens is 3. The second-order valence-electron chi connectivity index (χ2n) is 4.96. The summed E-state index contributed by atoms with van der Waals surface area (Å²) in [6.07, 6.45) is 0.262. The first-order valence-corrected chi connectivity index (χ1v) is 6.50. The number of nitrogens with two attached hydrogens (primary N) is 1. The summed E-state index contributed by atoms with van der Waals surface area (Å²) < 4.78 is 35.7. The molecule has 17 heavy (non-hydrogen) atoms. The molecule has 0 saturated heterocycles. The van der Waals surface area contributed by atoms with Gasteiger partial charge in [0.15, 0.2) is 0 Å². The maximum atomic E-state index is 11.9.